The van der Waals surface area contributed by atoms with Crippen molar-refractivity contribution in [3.63, 3.8) is 0 Å². The molecule has 2 amide bonds. The van der Waals surface area contributed by atoms with Gasteiger partial charge in [0.15, 0.2) is 0 Å². The molecule has 1 atom stereocenters. The molecule has 6 heteroatoms. The van der Waals surface area contributed by atoms with E-state index >= 15 is 0 Å². The van der Waals surface area contributed by atoms with Crippen molar-refractivity contribution in [3.8, 4) is 0 Å². The standard InChI is InChI=1S/C22H26Cl2N2O2/c1-4-20(22(28)25-5-2)26(14-17-10-11-18(23)19(24)12-17)21(27)13-16-8-6-15(3)7-9-16/h6-12,20H,4-5,13-14H2,1-3H3,(H,25,28)/t20-/m0/s1. The lowest BCUT2D eigenvalue weighted by Crippen LogP contribution is -2.49. The molecule has 0 saturated heterocycles. The van der Waals surface area contributed by atoms with E-state index in [-0.39, 0.29) is 24.8 Å². The van der Waals surface area contributed by atoms with Crippen LogP contribution in [0.15, 0.2) is 42.5 Å². The van der Waals surface area contributed by atoms with Crippen LogP contribution in [0.4, 0.5) is 0 Å². The number of halogens is 2. The van der Waals surface area contributed by atoms with E-state index in [9.17, 15) is 9.59 Å². The molecule has 2 rings (SSSR count). The lowest BCUT2D eigenvalue weighted by atomic mass is 10.1. The van der Waals surface area contributed by atoms with Gasteiger partial charge < -0.3 is 10.2 Å². The topological polar surface area (TPSA) is 49.4 Å². The number of nitrogens with one attached hydrogen (secondary N) is 1. The van der Waals surface area contributed by atoms with Gasteiger partial charge in [-0.1, -0.05) is 66.0 Å². The van der Waals surface area contributed by atoms with Crippen LogP contribution in [-0.4, -0.2) is 29.3 Å². The van der Waals surface area contributed by atoms with E-state index in [1.807, 2.05) is 51.1 Å². The molecule has 0 aromatic heterocycles. The number of aryl methyl sites for hydroxylation is 1. The van der Waals surface area contributed by atoms with E-state index in [1.165, 1.54) is 0 Å². The molecule has 2 aromatic carbocycles. The average molecular weight is 421 g/mol. The summed E-state index contributed by atoms with van der Waals surface area (Å²) >= 11 is 12.1. The number of likely N-dealkylation sites (N-methyl/N-ethyl adjacent to an activating group) is 1. The highest BCUT2D eigenvalue weighted by molar-refractivity contribution is 6.42. The van der Waals surface area contributed by atoms with E-state index in [0.717, 1.165) is 16.7 Å². The number of hydrogen-bond donors (Lipinski definition) is 1. The Morgan fingerprint density at radius 2 is 1.64 bits per heavy atom. The van der Waals surface area contributed by atoms with Crippen LogP contribution in [0, 0.1) is 6.92 Å². The summed E-state index contributed by atoms with van der Waals surface area (Å²) in [6.07, 6.45) is 0.754. The van der Waals surface area contributed by atoms with Crippen molar-refractivity contribution in [3.05, 3.63) is 69.2 Å². The number of amides is 2. The number of benzene rings is 2. The summed E-state index contributed by atoms with van der Waals surface area (Å²) in [5.74, 6) is -0.254. The molecule has 0 bridgehead atoms. The summed E-state index contributed by atoms with van der Waals surface area (Å²) < 4.78 is 0. The van der Waals surface area contributed by atoms with Crippen molar-refractivity contribution < 1.29 is 9.59 Å². The Hall–Kier alpha value is -2.04. The molecule has 150 valence electrons. The molecule has 0 aliphatic heterocycles. The van der Waals surface area contributed by atoms with Crippen LogP contribution in [0.3, 0.4) is 0 Å². The Bertz CT molecular complexity index is 822. The number of carbonyl (C=O) groups is 2. The minimum absolute atomic E-state index is 0.104. The van der Waals surface area contributed by atoms with Crippen molar-refractivity contribution in [2.75, 3.05) is 6.54 Å². The minimum Gasteiger partial charge on any atom is -0.355 e. The van der Waals surface area contributed by atoms with Crippen molar-refractivity contribution in [2.45, 2.75) is 46.2 Å². The summed E-state index contributed by atoms with van der Waals surface area (Å²) in [4.78, 5) is 27.4. The highest BCUT2D eigenvalue weighted by atomic mass is 35.5. The van der Waals surface area contributed by atoms with E-state index in [1.54, 1.807) is 17.0 Å². The maximum atomic E-state index is 13.1. The zero-order valence-corrected chi connectivity index (χ0v) is 18.0. The molecule has 0 aliphatic rings. The maximum Gasteiger partial charge on any atom is 0.242 e. The van der Waals surface area contributed by atoms with E-state index in [2.05, 4.69) is 5.32 Å². The lowest BCUT2D eigenvalue weighted by molar-refractivity contribution is -0.140. The quantitative estimate of drug-likeness (QED) is 0.667. The Kier molecular flexibility index (Phi) is 8.34. The van der Waals surface area contributed by atoms with Gasteiger partial charge in [0.05, 0.1) is 16.5 Å². The molecule has 0 spiro atoms. The van der Waals surface area contributed by atoms with Crippen molar-refractivity contribution in [1.82, 2.24) is 10.2 Å². The third-order valence-corrected chi connectivity index (χ3v) is 5.29. The van der Waals surface area contributed by atoms with Crippen LogP contribution in [0.25, 0.3) is 0 Å². The third kappa shape index (κ3) is 5.98. The molecule has 0 aliphatic carbocycles. The predicted molar refractivity (Wildman–Crippen MR) is 115 cm³/mol. The summed E-state index contributed by atoms with van der Waals surface area (Å²) in [6.45, 7) is 6.58. The molecular weight excluding hydrogens is 395 g/mol. The predicted octanol–water partition coefficient (Wildman–Crippen LogP) is 4.79. The van der Waals surface area contributed by atoms with E-state index < -0.39 is 6.04 Å². The summed E-state index contributed by atoms with van der Waals surface area (Å²) in [7, 11) is 0. The minimum atomic E-state index is -0.549. The zero-order valence-electron chi connectivity index (χ0n) is 16.5. The van der Waals surface area contributed by atoms with E-state index in [0.29, 0.717) is 23.0 Å². The van der Waals surface area contributed by atoms with Gasteiger partial charge >= 0.3 is 0 Å². The molecule has 4 nitrogen and oxygen atoms in total. The monoisotopic (exact) mass is 420 g/mol. The Balaban J connectivity index is 2.30. The van der Waals surface area contributed by atoms with Crippen LogP contribution in [0.1, 0.15) is 37.0 Å². The first-order valence-electron chi connectivity index (χ1n) is 9.42. The highest BCUT2D eigenvalue weighted by Crippen LogP contribution is 2.24. The van der Waals surface area contributed by atoms with Gasteiger partial charge in [0.25, 0.3) is 0 Å². The van der Waals surface area contributed by atoms with Crippen LogP contribution in [-0.2, 0) is 22.6 Å². The molecule has 0 unspecified atom stereocenters. The largest absolute Gasteiger partial charge is 0.355 e. The molecule has 0 saturated carbocycles. The Morgan fingerprint density at radius 1 is 1.00 bits per heavy atom. The van der Waals surface area contributed by atoms with Gasteiger partial charge in [-0.15, -0.1) is 0 Å². The number of rotatable bonds is 8. The van der Waals surface area contributed by atoms with Crippen LogP contribution in [0.5, 0.6) is 0 Å². The van der Waals surface area contributed by atoms with E-state index in [4.69, 9.17) is 23.2 Å². The second-order valence-corrected chi connectivity index (χ2v) is 7.57. The fraction of sp³-hybridized carbons (Fsp3) is 0.364. The zero-order chi connectivity index (χ0) is 20.7. The second-order valence-electron chi connectivity index (χ2n) is 6.75. The highest BCUT2D eigenvalue weighted by Gasteiger charge is 2.28. The fourth-order valence-electron chi connectivity index (χ4n) is 3.03. The van der Waals surface area contributed by atoms with Gasteiger partial charge in [-0.3, -0.25) is 9.59 Å². The molecule has 0 fully saturated rings. The molecule has 1 N–H and O–H groups in total. The summed E-state index contributed by atoms with van der Waals surface area (Å²) in [5, 5.41) is 3.71. The fourth-order valence-corrected chi connectivity index (χ4v) is 3.35. The number of carbonyl (C=O) groups excluding carboxylic acids is 2. The first kappa shape index (κ1) is 22.3. The van der Waals surface area contributed by atoms with Crippen molar-refractivity contribution in [1.29, 1.82) is 0 Å². The molecule has 28 heavy (non-hydrogen) atoms. The van der Waals surface area contributed by atoms with Crippen LogP contribution >= 0.6 is 23.2 Å². The van der Waals surface area contributed by atoms with Gasteiger partial charge in [-0.05, 0) is 43.5 Å². The maximum absolute atomic E-state index is 13.1. The van der Waals surface area contributed by atoms with Gasteiger partial charge in [0.1, 0.15) is 6.04 Å². The van der Waals surface area contributed by atoms with Crippen molar-refractivity contribution >= 4 is 35.0 Å². The van der Waals surface area contributed by atoms with Gasteiger partial charge in [-0.25, -0.2) is 0 Å². The van der Waals surface area contributed by atoms with Crippen LogP contribution in [0.2, 0.25) is 10.0 Å². The lowest BCUT2D eigenvalue weighted by Gasteiger charge is -2.30. The molecular formula is C22H26Cl2N2O2. The first-order chi connectivity index (χ1) is 13.3. The SMILES string of the molecule is CCNC(=O)[C@H](CC)N(Cc1ccc(Cl)c(Cl)c1)C(=O)Cc1ccc(C)cc1. The van der Waals surface area contributed by atoms with Crippen molar-refractivity contribution in [2.24, 2.45) is 0 Å². The molecule has 0 radical (unpaired) electrons. The van der Waals surface area contributed by atoms with Crippen LogP contribution < -0.4 is 5.32 Å². The van der Waals surface area contributed by atoms with Gasteiger partial charge in [0.2, 0.25) is 11.8 Å². The first-order valence-corrected chi connectivity index (χ1v) is 10.2. The number of nitrogens with zero attached hydrogens (tertiary/aromatic N) is 1. The Labute approximate surface area is 176 Å². The second kappa shape index (κ2) is 10.5. The average Bonchev–Trinajstić information content (AvgIpc) is 2.66. The Morgan fingerprint density at radius 3 is 2.21 bits per heavy atom. The third-order valence-electron chi connectivity index (χ3n) is 4.55. The molecule has 0 heterocycles. The van der Waals surface area contributed by atoms with Gasteiger partial charge in [-0.2, -0.15) is 0 Å². The normalized spacial score (nSPS) is 11.8. The number of hydrogen-bond acceptors (Lipinski definition) is 2. The molecule has 2 aromatic rings. The summed E-state index contributed by atoms with van der Waals surface area (Å²) in [6, 6.07) is 12.6. The summed E-state index contributed by atoms with van der Waals surface area (Å²) in [5.41, 5.74) is 2.88. The van der Waals surface area contributed by atoms with Gasteiger partial charge in [0, 0.05) is 13.1 Å². The smallest absolute Gasteiger partial charge is 0.242 e.